The van der Waals surface area contributed by atoms with Crippen LogP contribution in [0.25, 0.3) is 0 Å². The average molecular weight is 313 g/mol. The normalized spacial score (nSPS) is 11.0. The van der Waals surface area contributed by atoms with Gasteiger partial charge < -0.3 is 15.4 Å². The van der Waals surface area contributed by atoms with Crippen LogP contribution in [0.2, 0.25) is 5.02 Å². The second-order valence-corrected chi connectivity index (χ2v) is 5.62. The van der Waals surface area contributed by atoms with Crippen LogP contribution in [-0.4, -0.2) is 32.1 Å². The Morgan fingerprint density at radius 1 is 1.14 bits per heavy atom. The number of hydrogen-bond acceptors (Lipinski definition) is 3. The number of rotatable bonds is 7. The molecule has 0 atom stereocenters. The molecule has 0 aromatic heterocycles. The summed E-state index contributed by atoms with van der Waals surface area (Å²) in [6.45, 7) is 4.32. The number of benzene rings is 1. The summed E-state index contributed by atoms with van der Waals surface area (Å²) in [6, 6.07) is 7.17. The van der Waals surface area contributed by atoms with Crippen molar-refractivity contribution in [1.29, 1.82) is 0 Å². The molecule has 6 heteroatoms. The monoisotopic (exact) mass is 312 g/mol. The number of carbonyl (C=O) groups is 2. The van der Waals surface area contributed by atoms with Gasteiger partial charge in [0.05, 0.1) is 6.61 Å². The lowest BCUT2D eigenvalue weighted by Crippen LogP contribution is -2.48. The molecule has 0 fully saturated rings. The molecule has 0 aliphatic heterocycles. The van der Waals surface area contributed by atoms with Gasteiger partial charge in [0.15, 0.2) is 0 Å². The summed E-state index contributed by atoms with van der Waals surface area (Å²) in [4.78, 5) is 24.1. The SMILES string of the molecule is COCCNC(=O)C(C)(C)C(=O)NCc1ccc(Cl)cc1. The van der Waals surface area contributed by atoms with Gasteiger partial charge in [0.2, 0.25) is 11.8 Å². The zero-order chi connectivity index (χ0) is 15.9. The highest BCUT2D eigenvalue weighted by Gasteiger charge is 2.35. The standard InChI is InChI=1S/C15H21ClN2O3/c1-15(2,13(19)17-8-9-21-3)14(20)18-10-11-4-6-12(16)7-5-11/h4-7H,8-10H2,1-3H3,(H,17,19)(H,18,20). The Bertz CT molecular complexity index is 486. The van der Waals surface area contributed by atoms with Gasteiger partial charge in [-0.2, -0.15) is 0 Å². The summed E-state index contributed by atoms with van der Waals surface area (Å²) in [7, 11) is 1.55. The molecule has 1 aromatic carbocycles. The zero-order valence-corrected chi connectivity index (χ0v) is 13.3. The van der Waals surface area contributed by atoms with Crippen molar-refractivity contribution in [3.8, 4) is 0 Å². The van der Waals surface area contributed by atoms with Crippen molar-refractivity contribution in [3.05, 3.63) is 34.9 Å². The van der Waals surface area contributed by atoms with Gasteiger partial charge in [-0.1, -0.05) is 23.7 Å². The molecule has 0 aliphatic carbocycles. The van der Waals surface area contributed by atoms with Gasteiger partial charge in [-0.15, -0.1) is 0 Å². The van der Waals surface area contributed by atoms with Crippen LogP contribution in [-0.2, 0) is 20.9 Å². The molecule has 0 spiro atoms. The van der Waals surface area contributed by atoms with Gasteiger partial charge in [-0.25, -0.2) is 0 Å². The number of halogens is 1. The van der Waals surface area contributed by atoms with E-state index in [-0.39, 0.29) is 11.8 Å². The van der Waals surface area contributed by atoms with E-state index in [2.05, 4.69) is 10.6 Å². The molecule has 1 aromatic rings. The second kappa shape index (κ2) is 8.00. The number of nitrogens with one attached hydrogen (secondary N) is 2. The number of ether oxygens (including phenoxy) is 1. The minimum absolute atomic E-state index is 0.326. The topological polar surface area (TPSA) is 67.4 Å². The molecular weight excluding hydrogens is 292 g/mol. The van der Waals surface area contributed by atoms with Gasteiger partial charge >= 0.3 is 0 Å². The van der Waals surface area contributed by atoms with E-state index in [0.717, 1.165) is 5.56 Å². The Morgan fingerprint density at radius 2 is 1.71 bits per heavy atom. The van der Waals surface area contributed by atoms with Crippen molar-refractivity contribution in [1.82, 2.24) is 10.6 Å². The first kappa shape index (κ1) is 17.5. The molecule has 5 nitrogen and oxygen atoms in total. The maximum Gasteiger partial charge on any atom is 0.235 e. The number of carbonyl (C=O) groups excluding carboxylic acids is 2. The van der Waals surface area contributed by atoms with Gasteiger partial charge in [-0.3, -0.25) is 9.59 Å². The van der Waals surface area contributed by atoms with E-state index in [0.29, 0.717) is 24.7 Å². The predicted molar refractivity (Wildman–Crippen MR) is 82.0 cm³/mol. The molecular formula is C15H21ClN2O3. The fraction of sp³-hybridized carbons (Fsp3) is 0.467. The quantitative estimate of drug-likeness (QED) is 0.595. The highest BCUT2D eigenvalue weighted by Crippen LogP contribution is 2.16. The smallest absolute Gasteiger partial charge is 0.235 e. The van der Waals surface area contributed by atoms with Crippen LogP contribution >= 0.6 is 11.6 Å². The molecule has 1 rings (SSSR count). The number of hydrogen-bond donors (Lipinski definition) is 2. The molecule has 0 unspecified atom stereocenters. The first-order valence-corrected chi connectivity index (χ1v) is 7.05. The molecule has 116 valence electrons. The van der Waals surface area contributed by atoms with Crippen molar-refractivity contribution in [3.63, 3.8) is 0 Å². The Kier molecular flexibility index (Phi) is 6.65. The van der Waals surface area contributed by atoms with Crippen LogP contribution < -0.4 is 10.6 Å². The van der Waals surface area contributed by atoms with Crippen molar-refractivity contribution < 1.29 is 14.3 Å². The van der Waals surface area contributed by atoms with Crippen molar-refractivity contribution >= 4 is 23.4 Å². The van der Waals surface area contributed by atoms with E-state index in [1.165, 1.54) is 0 Å². The Balaban J connectivity index is 2.52. The van der Waals surface area contributed by atoms with Crippen LogP contribution in [0.4, 0.5) is 0 Å². The molecule has 0 heterocycles. The summed E-state index contributed by atoms with van der Waals surface area (Å²) < 4.78 is 4.85. The highest BCUT2D eigenvalue weighted by molar-refractivity contribution is 6.30. The molecule has 0 radical (unpaired) electrons. The minimum Gasteiger partial charge on any atom is -0.383 e. The third-order valence-electron chi connectivity index (χ3n) is 3.09. The summed E-state index contributed by atoms with van der Waals surface area (Å²) in [5.41, 5.74) is -0.219. The average Bonchev–Trinajstić information content (AvgIpc) is 2.46. The van der Waals surface area contributed by atoms with E-state index in [9.17, 15) is 9.59 Å². The second-order valence-electron chi connectivity index (χ2n) is 5.18. The van der Waals surface area contributed by atoms with E-state index in [4.69, 9.17) is 16.3 Å². The molecule has 21 heavy (non-hydrogen) atoms. The lowest BCUT2D eigenvalue weighted by molar-refractivity contribution is -0.141. The maximum absolute atomic E-state index is 12.1. The number of amides is 2. The van der Waals surface area contributed by atoms with Crippen LogP contribution in [0.15, 0.2) is 24.3 Å². The fourth-order valence-corrected chi connectivity index (χ4v) is 1.72. The Labute approximate surface area is 130 Å². The third-order valence-corrected chi connectivity index (χ3v) is 3.35. The molecule has 2 N–H and O–H groups in total. The van der Waals surface area contributed by atoms with E-state index >= 15 is 0 Å². The highest BCUT2D eigenvalue weighted by atomic mass is 35.5. The largest absolute Gasteiger partial charge is 0.383 e. The summed E-state index contributed by atoms with van der Waals surface area (Å²) in [6.07, 6.45) is 0. The van der Waals surface area contributed by atoms with E-state index < -0.39 is 5.41 Å². The number of methoxy groups -OCH3 is 1. The van der Waals surface area contributed by atoms with E-state index in [1.807, 2.05) is 12.1 Å². The predicted octanol–water partition coefficient (Wildman–Crippen LogP) is 1.74. The van der Waals surface area contributed by atoms with E-state index in [1.54, 1.807) is 33.1 Å². The van der Waals surface area contributed by atoms with Crippen LogP contribution in [0.1, 0.15) is 19.4 Å². The molecule has 0 bridgehead atoms. The lowest BCUT2D eigenvalue weighted by atomic mass is 9.91. The van der Waals surface area contributed by atoms with Gasteiger partial charge in [-0.05, 0) is 31.5 Å². The summed E-state index contributed by atoms with van der Waals surface area (Å²) in [5, 5.41) is 6.07. The molecule has 0 aliphatic rings. The van der Waals surface area contributed by atoms with Crippen molar-refractivity contribution in [2.24, 2.45) is 5.41 Å². The van der Waals surface area contributed by atoms with Gasteiger partial charge in [0, 0.05) is 25.2 Å². The first-order chi connectivity index (χ1) is 9.87. The summed E-state index contributed by atoms with van der Waals surface area (Å²) in [5.74, 6) is -0.652. The zero-order valence-electron chi connectivity index (χ0n) is 12.5. The van der Waals surface area contributed by atoms with Crippen LogP contribution in [0, 0.1) is 5.41 Å². The van der Waals surface area contributed by atoms with Gasteiger partial charge in [0.25, 0.3) is 0 Å². The van der Waals surface area contributed by atoms with Crippen LogP contribution in [0.5, 0.6) is 0 Å². The van der Waals surface area contributed by atoms with Crippen molar-refractivity contribution in [2.75, 3.05) is 20.3 Å². The lowest BCUT2D eigenvalue weighted by Gasteiger charge is -2.22. The fourth-order valence-electron chi connectivity index (χ4n) is 1.60. The molecule has 0 saturated carbocycles. The van der Waals surface area contributed by atoms with Crippen molar-refractivity contribution in [2.45, 2.75) is 20.4 Å². The maximum atomic E-state index is 12.1. The Hall–Kier alpha value is -1.59. The summed E-state index contributed by atoms with van der Waals surface area (Å²) >= 11 is 5.80. The van der Waals surface area contributed by atoms with Crippen LogP contribution in [0.3, 0.4) is 0 Å². The molecule has 0 saturated heterocycles. The Morgan fingerprint density at radius 3 is 2.29 bits per heavy atom. The molecule has 2 amide bonds. The van der Waals surface area contributed by atoms with Gasteiger partial charge in [0.1, 0.15) is 5.41 Å². The third kappa shape index (κ3) is 5.36. The minimum atomic E-state index is -1.14. The first-order valence-electron chi connectivity index (χ1n) is 6.68.